The largest absolute Gasteiger partial charge is 0.377 e. The second kappa shape index (κ2) is 8.74. The first-order valence-electron chi connectivity index (χ1n) is 11.0. The molecule has 1 atom stereocenters. The highest BCUT2D eigenvalue weighted by Crippen LogP contribution is 2.40. The van der Waals surface area contributed by atoms with Crippen LogP contribution in [-0.4, -0.2) is 49.2 Å². The van der Waals surface area contributed by atoms with E-state index in [2.05, 4.69) is 34.5 Å². The number of carbonyl (C=O) groups excluding carboxylic acids is 1. The maximum Gasteiger partial charge on any atom is 0.230 e. The van der Waals surface area contributed by atoms with Gasteiger partial charge in [-0.15, -0.1) is 0 Å². The number of likely N-dealkylation sites (tertiary alicyclic amines) is 1. The molecule has 148 valence electrons. The lowest BCUT2D eigenvalue weighted by atomic mass is 9.68. The minimum absolute atomic E-state index is 0.269. The molecule has 1 saturated carbocycles. The molecule has 2 heterocycles. The smallest absolute Gasteiger partial charge is 0.230 e. The predicted octanol–water partition coefficient (Wildman–Crippen LogP) is 3.65. The van der Waals surface area contributed by atoms with Crippen molar-refractivity contribution >= 4 is 5.91 Å². The zero-order valence-corrected chi connectivity index (χ0v) is 16.5. The van der Waals surface area contributed by atoms with Crippen molar-refractivity contribution in [2.24, 2.45) is 0 Å². The lowest BCUT2D eigenvalue weighted by Gasteiger charge is -2.39. The summed E-state index contributed by atoms with van der Waals surface area (Å²) < 4.78 is 5.78. The summed E-state index contributed by atoms with van der Waals surface area (Å²) in [4.78, 5) is 15.9. The number of rotatable bonds is 5. The van der Waals surface area contributed by atoms with Crippen molar-refractivity contribution in [1.82, 2.24) is 10.2 Å². The number of amides is 1. The molecule has 1 N–H and O–H groups in total. The Labute approximate surface area is 163 Å². The number of piperidine rings is 1. The van der Waals surface area contributed by atoms with Crippen molar-refractivity contribution in [1.29, 1.82) is 0 Å². The molecule has 4 heteroatoms. The third kappa shape index (κ3) is 4.38. The van der Waals surface area contributed by atoms with Gasteiger partial charge in [0, 0.05) is 32.3 Å². The molecule has 1 aliphatic carbocycles. The first-order valence-corrected chi connectivity index (χ1v) is 11.0. The van der Waals surface area contributed by atoms with Crippen LogP contribution in [0.5, 0.6) is 0 Å². The molecule has 1 amide bonds. The molecule has 3 fully saturated rings. The van der Waals surface area contributed by atoms with E-state index in [1.807, 2.05) is 6.07 Å². The van der Waals surface area contributed by atoms with E-state index in [0.29, 0.717) is 12.1 Å². The van der Waals surface area contributed by atoms with E-state index in [1.165, 1.54) is 24.8 Å². The Hall–Kier alpha value is -1.39. The van der Waals surface area contributed by atoms with Crippen molar-refractivity contribution < 1.29 is 9.53 Å². The third-order valence-electron chi connectivity index (χ3n) is 6.88. The van der Waals surface area contributed by atoms with E-state index in [4.69, 9.17) is 4.74 Å². The SMILES string of the molecule is O=C(NC1CCN(CC2CCCO2)CC1)C1(c2ccccc2)CCCCC1. The molecule has 27 heavy (non-hydrogen) atoms. The van der Waals surface area contributed by atoms with Gasteiger partial charge >= 0.3 is 0 Å². The van der Waals surface area contributed by atoms with Crippen LogP contribution in [0.4, 0.5) is 0 Å². The minimum atomic E-state index is -0.311. The fourth-order valence-electron chi connectivity index (χ4n) is 5.22. The maximum absolute atomic E-state index is 13.4. The van der Waals surface area contributed by atoms with E-state index >= 15 is 0 Å². The first-order chi connectivity index (χ1) is 13.3. The summed E-state index contributed by atoms with van der Waals surface area (Å²) in [5.74, 6) is 0.269. The number of ether oxygens (including phenoxy) is 1. The highest BCUT2D eigenvalue weighted by Gasteiger charge is 2.41. The van der Waals surface area contributed by atoms with Crippen LogP contribution < -0.4 is 5.32 Å². The number of carbonyl (C=O) groups is 1. The molecular weight excluding hydrogens is 336 g/mol. The second-order valence-electron chi connectivity index (χ2n) is 8.69. The lowest BCUT2D eigenvalue weighted by Crippen LogP contribution is -2.52. The van der Waals surface area contributed by atoms with Gasteiger partial charge in [0.05, 0.1) is 11.5 Å². The molecule has 1 aromatic rings. The minimum Gasteiger partial charge on any atom is -0.377 e. The highest BCUT2D eigenvalue weighted by molar-refractivity contribution is 5.88. The van der Waals surface area contributed by atoms with Crippen molar-refractivity contribution in [3.63, 3.8) is 0 Å². The topological polar surface area (TPSA) is 41.6 Å². The standard InChI is InChI=1S/C23H34N2O2/c26-22(23(13-5-2-6-14-23)19-8-3-1-4-9-19)24-20-11-15-25(16-12-20)18-21-10-7-17-27-21/h1,3-4,8-9,20-21H,2,5-7,10-18H2,(H,24,26). The van der Waals surface area contributed by atoms with Gasteiger partial charge in [-0.2, -0.15) is 0 Å². The summed E-state index contributed by atoms with van der Waals surface area (Å²) in [7, 11) is 0. The van der Waals surface area contributed by atoms with Crippen molar-refractivity contribution in [2.45, 2.75) is 75.3 Å². The summed E-state index contributed by atoms with van der Waals surface area (Å²) in [6, 6.07) is 10.8. The Morgan fingerprint density at radius 1 is 1.04 bits per heavy atom. The number of benzene rings is 1. The number of hydrogen-bond donors (Lipinski definition) is 1. The number of nitrogens with zero attached hydrogens (tertiary/aromatic N) is 1. The Balaban J connectivity index is 1.35. The highest BCUT2D eigenvalue weighted by atomic mass is 16.5. The van der Waals surface area contributed by atoms with Crippen LogP contribution in [0.2, 0.25) is 0 Å². The van der Waals surface area contributed by atoms with Crippen LogP contribution in [-0.2, 0) is 14.9 Å². The molecular formula is C23H34N2O2. The van der Waals surface area contributed by atoms with Crippen molar-refractivity contribution in [3.8, 4) is 0 Å². The van der Waals surface area contributed by atoms with Crippen molar-refractivity contribution in [3.05, 3.63) is 35.9 Å². The van der Waals surface area contributed by atoms with Gasteiger partial charge in [0.1, 0.15) is 0 Å². The van der Waals surface area contributed by atoms with Crippen LogP contribution in [0.15, 0.2) is 30.3 Å². The monoisotopic (exact) mass is 370 g/mol. The van der Waals surface area contributed by atoms with E-state index < -0.39 is 0 Å². The fraction of sp³-hybridized carbons (Fsp3) is 0.696. The molecule has 4 rings (SSSR count). The summed E-state index contributed by atoms with van der Waals surface area (Å²) in [5.41, 5.74) is 0.895. The van der Waals surface area contributed by atoms with Gasteiger partial charge in [-0.05, 0) is 44.1 Å². The van der Waals surface area contributed by atoms with E-state index in [9.17, 15) is 4.79 Å². The molecule has 0 bridgehead atoms. The maximum atomic E-state index is 13.4. The average Bonchev–Trinajstić information content (AvgIpc) is 3.24. The molecule has 0 radical (unpaired) electrons. The molecule has 2 saturated heterocycles. The summed E-state index contributed by atoms with van der Waals surface area (Å²) in [6.45, 7) is 4.14. The van der Waals surface area contributed by atoms with Crippen molar-refractivity contribution in [2.75, 3.05) is 26.2 Å². The van der Waals surface area contributed by atoms with Crippen LogP contribution >= 0.6 is 0 Å². The second-order valence-corrected chi connectivity index (χ2v) is 8.69. The molecule has 0 aromatic heterocycles. The van der Waals surface area contributed by atoms with Gasteiger partial charge in [0.25, 0.3) is 0 Å². The van der Waals surface area contributed by atoms with Gasteiger partial charge in [0.15, 0.2) is 0 Å². The zero-order chi connectivity index (χ0) is 18.5. The Morgan fingerprint density at radius 3 is 2.44 bits per heavy atom. The predicted molar refractivity (Wildman–Crippen MR) is 108 cm³/mol. The normalized spacial score (nSPS) is 26.7. The number of hydrogen-bond acceptors (Lipinski definition) is 3. The van der Waals surface area contributed by atoms with E-state index in [-0.39, 0.29) is 11.3 Å². The Bertz CT molecular complexity index is 598. The quantitative estimate of drug-likeness (QED) is 0.860. The molecule has 3 aliphatic rings. The van der Waals surface area contributed by atoms with Gasteiger partial charge in [-0.1, -0.05) is 49.6 Å². The van der Waals surface area contributed by atoms with Crippen LogP contribution in [0.25, 0.3) is 0 Å². The number of nitrogens with one attached hydrogen (secondary N) is 1. The molecule has 1 unspecified atom stereocenters. The molecule has 0 spiro atoms. The summed E-state index contributed by atoms with van der Waals surface area (Å²) in [6.07, 6.45) is 10.5. The lowest BCUT2D eigenvalue weighted by molar-refractivity contribution is -0.129. The molecule has 1 aromatic carbocycles. The zero-order valence-electron chi connectivity index (χ0n) is 16.5. The van der Waals surface area contributed by atoms with Crippen LogP contribution in [0.3, 0.4) is 0 Å². The van der Waals surface area contributed by atoms with Gasteiger partial charge in [0.2, 0.25) is 5.91 Å². The Kier molecular flexibility index (Phi) is 6.14. The van der Waals surface area contributed by atoms with E-state index in [1.54, 1.807) is 0 Å². The summed E-state index contributed by atoms with van der Waals surface area (Å²) in [5, 5.41) is 3.45. The fourth-order valence-corrected chi connectivity index (χ4v) is 5.22. The van der Waals surface area contributed by atoms with Gasteiger partial charge < -0.3 is 15.0 Å². The third-order valence-corrected chi connectivity index (χ3v) is 6.88. The van der Waals surface area contributed by atoms with Gasteiger partial charge in [-0.3, -0.25) is 4.79 Å². The van der Waals surface area contributed by atoms with Crippen LogP contribution in [0, 0.1) is 0 Å². The van der Waals surface area contributed by atoms with E-state index in [0.717, 1.165) is 64.8 Å². The Morgan fingerprint density at radius 2 is 1.78 bits per heavy atom. The summed E-state index contributed by atoms with van der Waals surface area (Å²) >= 11 is 0. The molecule has 2 aliphatic heterocycles. The van der Waals surface area contributed by atoms with Gasteiger partial charge in [-0.25, -0.2) is 0 Å². The first kappa shape index (κ1) is 18.9. The molecule has 4 nitrogen and oxygen atoms in total. The van der Waals surface area contributed by atoms with Crippen LogP contribution in [0.1, 0.15) is 63.4 Å². The average molecular weight is 371 g/mol.